The molecule has 1 atom stereocenters. The zero-order valence-electron chi connectivity index (χ0n) is 10.9. The van der Waals surface area contributed by atoms with Gasteiger partial charge >= 0.3 is 5.97 Å². The molecule has 1 aromatic rings. The van der Waals surface area contributed by atoms with Gasteiger partial charge in [0.15, 0.2) is 0 Å². The molecule has 0 aromatic heterocycles. The van der Waals surface area contributed by atoms with E-state index in [2.05, 4.69) is 0 Å². The smallest absolute Gasteiger partial charge is 0.330 e. The summed E-state index contributed by atoms with van der Waals surface area (Å²) >= 11 is 0. The maximum absolute atomic E-state index is 11.4. The van der Waals surface area contributed by atoms with Crippen LogP contribution in [0.2, 0.25) is 0 Å². The van der Waals surface area contributed by atoms with Gasteiger partial charge in [-0.15, -0.1) is 0 Å². The van der Waals surface area contributed by atoms with Crippen molar-refractivity contribution in [2.45, 2.75) is 32.5 Å². The summed E-state index contributed by atoms with van der Waals surface area (Å²) in [5.41, 5.74) is 0.904. The number of rotatable bonds is 7. The van der Waals surface area contributed by atoms with Crippen molar-refractivity contribution in [2.24, 2.45) is 0 Å². The number of hydrogen-bond donors (Lipinski definition) is 1. The lowest BCUT2D eigenvalue weighted by Gasteiger charge is -2.04. The van der Waals surface area contributed by atoms with E-state index in [-0.39, 0.29) is 12.4 Å². The molecule has 1 N–H and O–H groups in total. The molecule has 0 bridgehead atoms. The van der Waals surface area contributed by atoms with Gasteiger partial charge in [0.1, 0.15) is 12.4 Å². The van der Waals surface area contributed by atoms with E-state index in [1.807, 2.05) is 30.3 Å². The zero-order valence-corrected chi connectivity index (χ0v) is 10.9. The molecule has 0 aliphatic rings. The molecule has 4 nitrogen and oxygen atoms in total. The second-order valence-corrected chi connectivity index (χ2v) is 4.26. The first kappa shape index (κ1) is 15.1. The van der Waals surface area contributed by atoms with Crippen LogP contribution < -0.4 is 0 Å². The van der Waals surface area contributed by atoms with Gasteiger partial charge in [-0.3, -0.25) is 0 Å². The van der Waals surface area contributed by atoms with Gasteiger partial charge in [-0.2, -0.15) is 0 Å². The number of aliphatic hydroxyl groups excluding tert-OH is 1. The third-order valence-corrected chi connectivity index (χ3v) is 2.47. The van der Waals surface area contributed by atoms with Crippen LogP contribution in [-0.4, -0.2) is 23.0 Å². The van der Waals surface area contributed by atoms with Crippen molar-refractivity contribution in [1.29, 1.82) is 0 Å². The number of Topliss-reactive ketones (excluding diaryl/α,β-unsaturated/α-hetero) is 1. The van der Waals surface area contributed by atoms with Crippen molar-refractivity contribution in [3.05, 3.63) is 48.0 Å². The summed E-state index contributed by atoms with van der Waals surface area (Å²) in [7, 11) is 0. The Hall–Kier alpha value is -1.94. The molecule has 1 rings (SSSR count). The first-order chi connectivity index (χ1) is 9.08. The number of carbonyl (C=O) groups excluding carboxylic acids is 2. The van der Waals surface area contributed by atoms with E-state index in [9.17, 15) is 14.7 Å². The summed E-state index contributed by atoms with van der Waals surface area (Å²) in [5, 5.41) is 9.49. The van der Waals surface area contributed by atoms with E-state index in [4.69, 9.17) is 4.74 Å². The summed E-state index contributed by atoms with van der Waals surface area (Å²) in [6.45, 7) is 1.66. The molecule has 1 unspecified atom stereocenters. The van der Waals surface area contributed by atoms with Gasteiger partial charge in [0.2, 0.25) is 0 Å². The molecule has 102 valence electrons. The minimum Gasteiger partial charge on any atom is -0.458 e. The molecule has 19 heavy (non-hydrogen) atoms. The van der Waals surface area contributed by atoms with Crippen molar-refractivity contribution >= 4 is 11.8 Å². The summed E-state index contributed by atoms with van der Waals surface area (Å²) in [5.74, 6) is -0.496. The quantitative estimate of drug-likeness (QED) is 0.603. The van der Waals surface area contributed by atoms with Gasteiger partial charge < -0.3 is 14.6 Å². The Kier molecular flexibility index (Phi) is 6.53. The van der Waals surface area contributed by atoms with E-state index >= 15 is 0 Å². The average molecular weight is 262 g/mol. The van der Waals surface area contributed by atoms with E-state index in [1.165, 1.54) is 19.1 Å². The van der Waals surface area contributed by atoms with Crippen LogP contribution >= 0.6 is 0 Å². The van der Waals surface area contributed by atoms with Gasteiger partial charge in [-0.1, -0.05) is 30.3 Å². The maximum atomic E-state index is 11.4. The summed E-state index contributed by atoms with van der Waals surface area (Å²) < 4.78 is 5.00. The first-order valence-corrected chi connectivity index (χ1v) is 6.14. The second-order valence-electron chi connectivity index (χ2n) is 4.26. The average Bonchev–Trinajstić information content (AvgIpc) is 2.41. The fourth-order valence-electron chi connectivity index (χ4n) is 1.41. The van der Waals surface area contributed by atoms with Gasteiger partial charge in [0, 0.05) is 12.5 Å². The Morgan fingerprint density at radius 3 is 2.63 bits per heavy atom. The van der Waals surface area contributed by atoms with E-state index in [1.54, 1.807) is 0 Å². The van der Waals surface area contributed by atoms with Crippen LogP contribution in [0.25, 0.3) is 0 Å². The second kappa shape index (κ2) is 8.21. The normalized spacial score (nSPS) is 12.3. The highest BCUT2D eigenvalue weighted by Gasteiger charge is 2.03. The van der Waals surface area contributed by atoms with Crippen LogP contribution in [0.15, 0.2) is 42.5 Å². The van der Waals surface area contributed by atoms with Gasteiger partial charge in [-0.25, -0.2) is 4.79 Å². The Morgan fingerprint density at radius 1 is 1.32 bits per heavy atom. The molecular weight excluding hydrogens is 244 g/mol. The Bertz CT molecular complexity index is 437. The fourth-order valence-corrected chi connectivity index (χ4v) is 1.41. The maximum Gasteiger partial charge on any atom is 0.330 e. The van der Waals surface area contributed by atoms with Crippen molar-refractivity contribution in [2.75, 3.05) is 0 Å². The number of ether oxygens (including phenoxy) is 1. The number of carbonyl (C=O) groups is 2. The summed E-state index contributed by atoms with van der Waals surface area (Å²) in [6.07, 6.45) is 2.35. The monoisotopic (exact) mass is 262 g/mol. The van der Waals surface area contributed by atoms with Crippen LogP contribution in [0.1, 0.15) is 25.3 Å². The lowest BCUT2D eigenvalue weighted by molar-refractivity contribution is -0.139. The minimum absolute atomic E-state index is 0.0131. The summed E-state index contributed by atoms with van der Waals surface area (Å²) in [4.78, 5) is 22.1. The summed E-state index contributed by atoms with van der Waals surface area (Å²) in [6, 6.07) is 9.34. The lowest BCUT2D eigenvalue weighted by atomic mass is 10.1. The van der Waals surface area contributed by atoms with Crippen LogP contribution in [-0.2, 0) is 20.9 Å². The van der Waals surface area contributed by atoms with Crippen molar-refractivity contribution in [3.8, 4) is 0 Å². The molecule has 0 saturated heterocycles. The molecule has 0 fully saturated rings. The highest BCUT2D eigenvalue weighted by Crippen LogP contribution is 2.02. The van der Waals surface area contributed by atoms with Crippen LogP contribution in [0, 0.1) is 0 Å². The first-order valence-electron chi connectivity index (χ1n) is 6.14. The molecule has 0 saturated carbocycles. The molecule has 0 aliphatic heterocycles. The zero-order chi connectivity index (χ0) is 14.1. The van der Waals surface area contributed by atoms with Gasteiger partial charge in [0.25, 0.3) is 0 Å². The highest BCUT2D eigenvalue weighted by atomic mass is 16.5. The molecule has 0 spiro atoms. The SMILES string of the molecule is CC(=O)CCC(O)C=CC(=O)OCc1ccccc1. The van der Waals surface area contributed by atoms with Crippen LogP contribution in [0.5, 0.6) is 0 Å². The molecule has 4 heteroatoms. The van der Waals surface area contributed by atoms with E-state index < -0.39 is 12.1 Å². The van der Waals surface area contributed by atoms with Gasteiger partial charge in [-0.05, 0) is 25.0 Å². The van der Waals surface area contributed by atoms with E-state index in [0.29, 0.717) is 12.8 Å². The molecule has 0 aliphatic carbocycles. The molecule has 0 amide bonds. The standard InChI is InChI=1S/C15H18O4/c1-12(16)7-8-14(17)9-10-15(18)19-11-13-5-3-2-4-6-13/h2-6,9-10,14,17H,7-8,11H2,1H3. The number of benzene rings is 1. The number of hydrogen-bond acceptors (Lipinski definition) is 4. The van der Waals surface area contributed by atoms with Crippen molar-refractivity contribution < 1.29 is 19.4 Å². The predicted molar refractivity (Wildman–Crippen MR) is 71.3 cm³/mol. The van der Waals surface area contributed by atoms with E-state index in [0.717, 1.165) is 5.56 Å². The predicted octanol–water partition coefficient (Wildman–Crippen LogP) is 2.02. The largest absolute Gasteiger partial charge is 0.458 e. The molecule has 0 heterocycles. The molecule has 0 radical (unpaired) electrons. The molecular formula is C15H18O4. The van der Waals surface area contributed by atoms with Crippen molar-refractivity contribution in [3.63, 3.8) is 0 Å². The van der Waals surface area contributed by atoms with Gasteiger partial charge in [0.05, 0.1) is 6.10 Å². The topological polar surface area (TPSA) is 63.6 Å². The van der Waals surface area contributed by atoms with Crippen LogP contribution in [0.3, 0.4) is 0 Å². The third-order valence-electron chi connectivity index (χ3n) is 2.47. The third kappa shape index (κ3) is 7.16. The minimum atomic E-state index is -0.798. The number of aliphatic hydroxyl groups is 1. The molecule has 1 aromatic carbocycles. The Labute approximate surface area is 112 Å². The highest BCUT2D eigenvalue weighted by molar-refractivity contribution is 5.82. The Balaban J connectivity index is 2.28. The van der Waals surface area contributed by atoms with Crippen molar-refractivity contribution in [1.82, 2.24) is 0 Å². The Morgan fingerprint density at radius 2 is 2.00 bits per heavy atom. The van der Waals surface area contributed by atoms with Crippen LogP contribution in [0.4, 0.5) is 0 Å². The number of ketones is 1. The fraction of sp³-hybridized carbons (Fsp3) is 0.333. The number of esters is 1. The lowest BCUT2D eigenvalue weighted by Crippen LogP contribution is -2.07.